The highest BCUT2D eigenvalue weighted by Crippen LogP contribution is 2.24. The first-order valence-electron chi connectivity index (χ1n) is 10.4. The number of benzene rings is 1. The van der Waals surface area contributed by atoms with Crippen LogP contribution in [0.5, 0.6) is 0 Å². The van der Waals surface area contributed by atoms with E-state index in [0.717, 1.165) is 62.7 Å². The Labute approximate surface area is 176 Å². The molecular weight excluding hydrogens is 380 g/mol. The van der Waals surface area contributed by atoms with Crippen molar-refractivity contribution in [2.75, 3.05) is 31.6 Å². The molecule has 6 nitrogen and oxygen atoms in total. The maximum Gasteiger partial charge on any atom is 0.191 e. The number of hydrogen-bond donors (Lipinski definition) is 2. The van der Waals surface area contributed by atoms with Crippen LogP contribution in [0.1, 0.15) is 25.1 Å². The van der Waals surface area contributed by atoms with Gasteiger partial charge in [-0.2, -0.15) is 0 Å². The molecule has 3 aromatic rings. The van der Waals surface area contributed by atoms with Gasteiger partial charge in [-0.25, -0.2) is 4.98 Å². The van der Waals surface area contributed by atoms with Crippen LogP contribution in [-0.2, 0) is 6.54 Å². The molecule has 2 aromatic heterocycles. The molecular formula is C22H30N6S. The van der Waals surface area contributed by atoms with E-state index in [0.29, 0.717) is 6.04 Å². The summed E-state index contributed by atoms with van der Waals surface area (Å²) >= 11 is 1.83. The molecule has 1 aliphatic heterocycles. The number of piperidine rings is 1. The molecule has 154 valence electrons. The molecule has 2 N–H and O–H groups in total. The number of thiophene rings is 1. The molecule has 0 bridgehead atoms. The Morgan fingerprint density at radius 1 is 1.21 bits per heavy atom. The van der Waals surface area contributed by atoms with Crippen molar-refractivity contribution < 1.29 is 0 Å². The molecule has 7 heteroatoms. The summed E-state index contributed by atoms with van der Waals surface area (Å²) in [4.78, 5) is 11.5. The van der Waals surface area contributed by atoms with Crippen LogP contribution < -0.4 is 15.5 Å². The number of para-hydroxylation sites is 2. The monoisotopic (exact) mass is 410 g/mol. The summed E-state index contributed by atoms with van der Waals surface area (Å²) in [5.74, 6) is 1.98. The van der Waals surface area contributed by atoms with Gasteiger partial charge < -0.3 is 20.1 Å². The average Bonchev–Trinajstić information content (AvgIpc) is 3.39. The van der Waals surface area contributed by atoms with Gasteiger partial charge in [0.05, 0.1) is 16.0 Å². The third kappa shape index (κ3) is 4.72. The van der Waals surface area contributed by atoms with Gasteiger partial charge in [-0.15, -0.1) is 11.3 Å². The van der Waals surface area contributed by atoms with Crippen molar-refractivity contribution in [3.8, 4) is 0 Å². The average molecular weight is 411 g/mol. The molecule has 0 atom stereocenters. The number of nitrogens with zero attached hydrogens (tertiary/aromatic N) is 4. The van der Waals surface area contributed by atoms with Crippen LogP contribution in [0.4, 0.5) is 5.00 Å². The number of aromatic nitrogens is 2. The van der Waals surface area contributed by atoms with Crippen molar-refractivity contribution >= 4 is 33.3 Å². The second-order valence-corrected chi connectivity index (χ2v) is 8.44. The van der Waals surface area contributed by atoms with Gasteiger partial charge in [0.25, 0.3) is 0 Å². The summed E-state index contributed by atoms with van der Waals surface area (Å²) in [6, 6.07) is 13.2. The van der Waals surface area contributed by atoms with Crippen molar-refractivity contribution in [3.05, 3.63) is 47.6 Å². The van der Waals surface area contributed by atoms with Gasteiger partial charge in [0.2, 0.25) is 0 Å². The summed E-state index contributed by atoms with van der Waals surface area (Å²) < 4.78 is 2.30. The fourth-order valence-electron chi connectivity index (χ4n) is 4.00. The standard InChI is InChI=1S/C22H30N6S/c1-17-25-19-7-3-4-8-20(19)28(17)13-6-12-24-22(23-2)26-18-10-14-27(15-11-18)21-9-5-16-29-21/h3-5,7-9,16,18H,6,10-15H2,1-2H3,(H2,23,24,26). The number of hydrogen-bond acceptors (Lipinski definition) is 4. The van der Waals surface area contributed by atoms with Crippen LogP contribution in [-0.4, -0.2) is 48.2 Å². The van der Waals surface area contributed by atoms with Crippen molar-refractivity contribution in [2.45, 2.75) is 38.8 Å². The predicted molar refractivity (Wildman–Crippen MR) is 123 cm³/mol. The number of anilines is 1. The Hall–Kier alpha value is -2.54. The highest BCUT2D eigenvalue weighted by atomic mass is 32.1. The van der Waals surface area contributed by atoms with Gasteiger partial charge >= 0.3 is 0 Å². The molecule has 0 saturated carbocycles. The minimum Gasteiger partial charge on any atom is -0.363 e. The first kappa shape index (κ1) is 19.8. The minimum absolute atomic E-state index is 0.484. The number of fused-ring (bicyclic) bond motifs is 1. The van der Waals surface area contributed by atoms with Crippen LogP contribution in [0.25, 0.3) is 11.0 Å². The van der Waals surface area contributed by atoms with E-state index in [-0.39, 0.29) is 0 Å². The molecule has 0 radical (unpaired) electrons. The third-order valence-corrected chi connectivity index (χ3v) is 6.50. The van der Waals surface area contributed by atoms with Crippen molar-refractivity contribution in [2.24, 2.45) is 4.99 Å². The molecule has 1 aromatic carbocycles. The second-order valence-electron chi connectivity index (χ2n) is 7.51. The van der Waals surface area contributed by atoms with Gasteiger partial charge in [0.1, 0.15) is 5.82 Å². The molecule has 1 fully saturated rings. The Balaban J connectivity index is 1.21. The summed E-state index contributed by atoms with van der Waals surface area (Å²) in [6.07, 6.45) is 3.30. The maximum atomic E-state index is 4.65. The SMILES string of the molecule is CN=C(NCCCn1c(C)nc2ccccc21)NC1CCN(c2cccs2)CC1. The third-order valence-electron chi connectivity index (χ3n) is 5.57. The zero-order chi connectivity index (χ0) is 20.1. The molecule has 4 rings (SSSR count). The van der Waals surface area contributed by atoms with Gasteiger partial charge in [-0.05, 0) is 55.8 Å². The van der Waals surface area contributed by atoms with E-state index < -0.39 is 0 Å². The maximum absolute atomic E-state index is 4.65. The number of rotatable bonds is 6. The Kier molecular flexibility index (Phi) is 6.34. The molecule has 3 heterocycles. The van der Waals surface area contributed by atoms with Crippen molar-refractivity contribution in [1.82, 2.24) is 20.2 Å². The lowest BCUT2D eigenvalue weighted by Crippen LogP contribution is -2.48. The summed E-state index contributed by atoms with van der Waals surface area (Å²) in [7, 11) is 1.85. The first-order valence-corrected chi connectivity index (χ1v) is 11.3. The lowest BCUT2D eigenvalue weighted by molar-refractivity contribution is 0.462. The zero-order valence-corrected chi connectivity index (χ0v) is 18.1. The number of aliphatic imine (C=N–C) groups is 1. The quantitative estimate of drug-likeness (QED) is 0.370. The number of guanidine groups is 1. The van der Waals surface area contributed by atoms with Gasteiger partial charge in [0.15, 0.2) is 5.96 Å². The normalized spacial score (nSPS) is 15.8. The fraction of sp³-hybridized carbons (Fsp3) is 0.455. The van der Waals surface area contributed by atoms with Crippen LogP contribution in [0.15, 0.2) is 46.8 Å². The highest BCUT2D eigenvalue weighted by molar-refractivity contribution is 7.14. The van der Waals surface area contributed by atoms with Crippen molar-refractivity contribution in [1.29, 1.82) is 0 Å². The number of nitrogens with one attached hydrogen (secondary N) is 2. The van der Waals surface area contributed by atoms with Crippen LogP contribution in [0.3, 0.4) is 0 Å². The highest BCUT2D eigenvalue weighted by Gasteiger charge is 2.20. The Morgan fingerprint density at radius 2 is 2.03 bits per heavy atom. The van der Waals surface area contributed by atoms with E-state index in [2.05, 4.69) is 72.7 Å². The van der Waals surface area contributed by atoms with E-state index in [1.54, 1.807) is 0 Å². The summed E-state index contributed by atoms with van der Waals surface area (Å²) in [5.41, 5.74) is 2.29. The van der Waals surface area contributed by atoms with Crippen LogP contribution in [0, 0.1) is 6.92 Å². The minimum atomic E-state index is 0.484. The molecule has 0 spiro atoms. The van der Waals surface area contributed by atoms with E-state index in [9.17, 15) is 0 Å². The second kappa shape index (κ2) is 9.31. The number of imidazole rings is 1. The number of aryl methyl sites for hydroxylation is 2. The predicted octanol–water partition coefficient (Wildman–Crippen LogP) is 3.63. The summed E-state index contributed by atoms with van der Waals surface area (Å²) in [6.45, 7) is 6.12. The molecule has 1 aliphatic rings. The smallest absolute Gasteiger partial charge is 0.191 e. The lowest BCUT2D eigenvalue weighted by atomic mass is 10.1. The fourth-order valence-corrected chi connectivity index (χ4v) is 4.79. The van der Waals surface area contributed by atoms with Gasteiger partial charge in [-0.3, -0.25) is 4.99 Å². The van der Waals surface area contributed by atoms with E-state index >= 15 is 0 Å². The van der Waals surface area contributed by atoms with Gasteiger partial charge in [-0.1, -0.05) is 12.1 Å². The Bertz CT molecular complexity index is 938. The molecule has 0 amide bonds. The largest absolute Gasteiger partial charge is 0.363 e. The Morgan fingerprint density at radius 3 is 2.79 bits per heavy atom. The van der Waals surface area contributed by atoms with Gasteiger partial charge in [0, 0.05) is 39.3 Å². The van der Waals surface area contributed by atoms with Crippen molar-refractivity contribution in [3.63, 3.8) is 0 Å². The van der Waals surface area contributed by atoms with E-state index in [1.165, 1.54) is 10.5 Å². The van der Waals surface area contributed by atoms with Crippen LogP contribution >= 0.6 is 11.3 Å². The molecule has 1 saturated heterocycles. The topological polar surface area (TPSA) is 57.5 Å². The molecule has 0 unspecified atom stereocenters. The van der Waals surface area contributed by atoms with E-state index in [1.807, 2.05) is 24.5 Å². The zero-order valence-electron chi connectivity index (χ0n) is 17.3. The first-order chi connectivity index (χ1) is 14.2. The van der Waals surface area contributed by atoms with Crippen LogP contribution in [0.2, 0.25) is 0 Å². The summed E-state index contributed by atoms with van der Waals surface area (Å²) in [5, 5.41) is 10.6. The lowest BCUT2D eigenvalue weighted by Gasteiger charge is -2.33. The van der Waals surface area contributed by atoms with E-state index in [4.69, 9.17) is 0 Å². The molecule has 29 heavy (non-hydrogen) atoms. The molecule has 0 aliphatic carbocycles.